The molecule has 0 saturated heterocycles. The largest absolute Gasteiger partial charge is 0.497 e. The molecule has 0 spiro atoms. The highest BCUT2D eigenvalue weighted by atomic mass is 16.5. The van der Waals surface area contributed by atoms with Gasteiger partial charge in [0.2, 0.25) is 0 Å². The molecule has 0 N–H and O–H groups in total. The van der Waals surface area contributed by atoms with E-state index in [9.17, 15) is 14.4 Å². The highest BCUT2D eigenvalue weighted by Crippen LogP contribution is 2.34. The maximum Gasteiger partial charge on any atom is 0.162 e. The lowest BCUT2D eigenvalue weighted by molar-refractivity contribution is -0.124. The Kier molecular flexibility index (Phi) is 6.75. The van der Waals surface area contributed by atoms with Crippen LogP contribution in [0.1, 0.15) is 59.2 Å². The van der Waals surface area contributed by atoms with E-state index in [4.69, 9.17) is 4.74 Å². The van der Waals surface area contributed by atoms with Crippen LogP contribution in [0.2, 0.25) is 0 Å². The van der Waals surface area contributed by atoms with Crippen LogP contribution in [0.5, 0.6) is 5.75 Å². The second-order valence-corrected chi connectivity index (χ2v) is 7.39. The van der Waals surface area contributed by atoms with Crippen LogP contribution in [0.15, 0.2) is 54.6 Å². The molecule has 2 aromatic carbocycles. The fourth-order valence-electron chi connectivity index (χ4n) is 3.89. The van der Waals surface area contributed by atoms with Gasteiger partial charge in [-0.25, -0.2) is 0 Å². The van der Waals surface area contributed by atoms with Gasteiger partial charge in [-0.15, -0.1) is 0 Å². The van der Waals surface area contributed by atoms with E-state index in [0.717, 1.165) is 18.6 Å². The zero-order valence-electron chi connectivity index (χ0n) is 16.2. The van der Waals surface area contributed by atoms with Crippen LogP contribution >= 0.6 is 0 Å². The zero-order chi connectivity index (χ0) is 19.9. The molecule has 1 aliphatic rings. The molecule has 3 rings (SSSR count). The third-order valence-corrected chi connectivity index (χ3v) is 5.62. The first-order valence-corrected chi connectivity index (χ1v) is 9.87. The molecule has 2 aromatic rings. The summed E-state index contributed by atoms with van der Waals surface area (Å²) in [4.78, 5) is 37.3. The summed E-state index contributed by atoms with van der Waals surface area (Å²) in [5, 5.41) is 0. The number of ketones is 3. The van der Waals surface area contributed by atoms with E-state index < -0.39 is 0 Å². The van der Waals surface area contributed by atoms with Gasteiger partial charge < -0.3 is 4.74 Å². The number of carbonyl (C=O) groups is 3. The number of hydrogen-bond acceptors (Lipinski definition) is 4. The first kappa shape index (κ1) is 20.0. The van der Waals surface area contributed by atoms with E-state index in [1.54, 1.807) is 31.4 Å². The van der Waals surface area contributed by atoms with Crippen LogP contribution in [0.25, 0.3) is 0 Å². The second kappa shape index (κ2) is 9.45. The molecule has 0 radical (unpaired) electrons. The van der Waals surface area contributed by atoms with Crippen molar-refractivity contribution in [1.82, 2.24) is 0 Å². The van der Waals surface area contributed by atoms with Crippen LogP contribution in [0, 0.1) is 11.8 Å². The molecular weight excluding hydrogens is 352 g/mol. The van der Waals surface area contributed by atoms with Gasteiger partial charge in [-0.05, 0) is 49.9 Å². The quantitative estimate of drug-likeness (QED) is 0.581. The highest BCUT2D eigenvalue weighted by molar-refractivity contribution is 5.97. The van der Waals surface area contributed by atoms with Gasteiger partial charge in [-0.3, -0.25) is 14.4 Å². The summed E-state index contributed by atoms with van der Waals surface area (Å²) in [5.41, 5.74) is 1.35. The van der Waals surface area contributed by atoms with Crippen LogP contribution < -0.4 is 4.74 Å². The van der Waals surface area contributed by atoms with E-state index in [1.165, 1.54) is 0 Å². The Balaban J connectivity index is 1.45. The Labute approximate surface area is 165 Å². The number of rotatable bonds is 9. The van der Waals surface area contributed by atoms with Crippen LogP contribution in [0.4, 0.5) is 0 Å². The van der Waals surface area contributed by atoms with Crippen LogP contribution in [-0.2, 0) is 4.79 Å². The molecule has 0 amide bonds. The summed E-state index contributed by atoms with van der Waals surface area (Å²) < 4.78 is 5.10. The van der Waals surface area contributed by atoms with Gasteiger partial charge in [0.25, 0.3) is 0 Å². The van der Waals surface area contributed by atoms with E-state index in [2.05, 4.69) is 0 Å². The molecule has 0 aromatic heterocycles. The molecule has 146 valence electrons. The van der Waals surface area contributed by atoms with Crippen molar-refractivity contribution in [2.45, 2.75) is 38.5 Å². The Hall–Kier alpha value is -2.75. The number of methoxy groups -OCH3 is 1. The average Bonchev–Trinajstić information content (AvgIpc) is 3.10. The van der Waals surface area contributed by atoms with Crippen molar-refractivity contribution in [3.05, 3.63) is 65.7 Å². The lowest BCUT2D eigenvalue weighted by atomic mass is 9.92. The monoisotopic (exact) mass is 378 g/mol. The molecule has 1 saturated carbocycles. The third kappa shape index (κ3) is 4.94. The van der Waals surface area contributed by atoms with Crippen molar-refractivity contribution in [2.24, 2.45) is 11.8 Å². The summed E-state index contributed by atoms with van der Waals surface area (Å²) >= 11 is 0. The number of carbonyl (C=O) groups excluding carboxylic acids is 3. The summed E-state index contributed by atoms with van der Waals surface area (Å²) in [6.45, 7) is 0. The summed E-state index contributed by atoms with van der Waals surface area (Å²) in [7, 11) is 1.59. The molecular formula is C24H26O4. The molecule has 0 unspecified atom stereocenters. The van der Waals surface area contributed by atoms with E-state index >= 15 is 0 Å². The van der Waals surface area contributed by atoms with Crippen molar-refractivity contribution >= 4 is 17.3 Å². The summed E-state index contributed by atoms with van der Waals surface area (Å²) in [6.07, 6.45) is 3.61. The van der Waals surface area contributed by atoms with Crippen LogP contribution in [0.3, 0.4) is 0 Å². The number of ether oxygens (including phenoxy) is 1. The number of Topliss-reactive ketones (excluding diaryl/α,β-unsaturated/α-hetero) is 3. The Morgan fingerprint density at radius 1 is 0.821 bits per heavy atom. The fourth-order valence-corrected chi connectivity index (χ4v) is 3.89. The van der Waals surface area contributed by atoms with Gasteiger partial charge in [0, 0.05) is 35.8 Å². The molecule has 1 aliphatic carbocycles. The minimum atomic E-state index is -0.0565. The Morgan fingerprint density at radius 3 is 1.82 bits per heavy atom. The van der Waals surface area contributed by atoms with Gasteiger partial charge >= 0.3 is 0 Å². The number of hydrogen-bond donors (Lipinski definition) is 0. The Morgan fingerprint density at radius 2 is 1.32 bits per heavy atom. The molecule has 4 nitrogen and oxygen atoms in total. The highest BCUT2D eigenvalue weighted by Gasteiger charge is 2.34. The normalized spacial score (nSPS) is 18.8. The molecule has 0 heterocycles. The SMILES string of the molecule is COc1ccc(C(=O)CC[C@@H]2CC[C@H](CCC(=O)c3ccccc3)C2=O)cc1. The molecule has 2 atom stereocenters. The maximum atomic E-state index is 12.6. The zero-order valence-corrected chi connectivity index (χ0v) is 16.2. The predicted molar refractivity (Wildman–Crippen MR) is 108 cm³/mol. The van der Waals surface area contributed by atoms with Gasteiger partial charge in [0.1, 0.15) is 11.5 Å². The lowest BCUT2D eigenvalue weighted by Crippen LogP contribution is -2.16. The lowest BCUT2D eigenvalue weighted by Gasteiger charge is -2.10. The van der Waals surface area contributed by atoms with E-state index in [-0.39, 0.29) is 29.2 Å². The van der Waals surface area contributed by atoms with E-state index in [1.807, 2.05) is 30.3 Å². The predicted octanol–water partition coefficient (Wildman–Crippen LogP) is 4.92. The molecule has 0 aliphatic heterocycles. The van der Waals surface area contributed by atoms with Gasteiger partial charge in [-0.1, -0.05) is 30.3 Å². The van der Waals surface area contributed by atoms with Crippen molar-refractivity contribution in [1.29, 1.82) is 0 Å². The standard InChI is InChI=1S/C24H26O4/c1-28-21-13-9-18(10-14-21)23(26)16-12-20-8-7-19(24(20)27)11-15-22(25)17-5-3-2-4-6-17/h2-6,9-10,13-14,19-20H,7-8,11-12,15-16H2,1H3/t19-,20+/m1/s1. The minimum absolute atomic E-state index is 0.0475. The first-order chi connectivity index (χ1) is 13.6. The molecule has 4 heteroatoms. The van der Waals surface area contributed by atoms with Gasteiger partial charge in [-0.2, -0.15) is 0 Å². The number of benzene rings is 2. The first-order valence-electron chi connectivity index (χ1n) is 9.87. The third-order valence-electron chi connectivity index (χ3n) is 5.62. The maximum absolute atomic E-state index is 12.6. The van der Waals surface area contributed by atoms with E-state index in [0.29, 0.717) is 36.8 Å². The van der Waals surface area contributed by atoms with Crippen molar-refractivity contribution in [3.8, 4) is 5.75 Å². The molecule has 1 fully saturated rings. The van der Waals surface area contributed by atoms with Crippen molar-refractivity contribution in [2.75, 3.05) is 7.11 Å². The Bertz CT molecular complexity index is 823. The molecule has 28 heavy (non-hydrogen) atoms. The van der Waals surface area contributed by atoms with Crippen molar-refractivity contribution < 1.29 is 19.1 Å². The topological polar surface area (TPSA) is 60.4 Å². The summed E-state index contributed by atoms with van der Waals surface area (Å²) in [6, 6.07) is 16.3. The van der Waals surface area contributed by atoms with Crippen molar-refractivity contribution in [3.63, 3.8) is 0 Å². The molecule has 0 bridgehead atoms. The minimum Gasteiger partial charge on any atom is -0.497 e. The van der Waals surface area contributed by atoms with Gasteiger partial charge in [0.05, 0.1) is 7.11 Å². The van der Waals surface area contributed by atoms with Gasteiger partial charge in [0.15, 0.2) is 11.6 Å². The van der Waals surface area contributed by atoms with Crippen LogP contribution in [-0.4, -0.2) is 24.5 Å². The fraction of sp³-hybridized carbons (Fsp3) is 0.375. The summed E-state index contributed by atoms with van der Waals surface area (Å²) in [5.74, 6) is 0.983. The average molecular weight is 378 g/mol. The second-order valence-electron chi connectivity index (χ2n) is 7.39. The smallest absolute Gasteiger partial charge is 0.162 e.